The molecular weight excluding hydrogens is 240 g/mol. The van der Waals surface area contributed by atoms with Crippen LogP contribution in [0.2, 0.25) is 0 Å². The minimum absolute atomic E-state index is 0.882. The molecule has 0 saturated heterocycles. The number of nitrogens with one attached hydrogen (secondary N) is 2. The van der Waals surface area contributed by atoms with E-state index in [-0.39, 0.29) is 0 Å². The number of aromatic nitrogens is 2. The van der Waals surface area contributed by atoms with Crippen LogP contribution in [0.25, 0.3) is 0 Å². The van der Waals surface area contributed by atoms with Crippen molar-refractivity contribution < 1.29 is 0 Å². The Morgan fingerprint density at radius 2 is 1.89 bits per heavy atom. The molecule has 0 fully saturated rings. The molecule has 0 aliphatic rings. The highest BCUT2D eigenvalue weighted by Crippen LogP contribution is 2.12. The Kier molecular flexibility index (Phi) is 7.14. The Hall–Kier alpha value is -1.40. The van der Waals surface area contributed by atoms with Gasteiger partial charge in [0.05, 0.1) is 0 Å². The van der Waals surface area contributed by atoms with Crippen LogP contribution in [0.4, 0.5) is 11.6 Å². The van der Waals surface area contributed by atoms with Crippen LogP contribution in [0.5, 0.6) is 0 Å². The molecule has 0 aromatic carbocycles. The van der Waals surface area contributed by atoms with Gasteiger partial charge in [0.25, 0.3) is 0 Å². The summed E-state index contributed by atoms with van der Waals surface area (Å²) in [6.45, 7) is 3.86. The molecule has 0 aliphatic heterocycles. The first-order valence-electron chi connectivity index (χ1n) is 6.70. The molecule has 1 rings (SSSR count). The highest BCUT2D eigenvalue weighted by molar-refractivity contribution is 5.47. The summed E-state index contributed by atoms with van der Waals surface area (Å²) in [5.74, 6) is 1.84. The molecule has 6 nitrogen and oxygen atoms in total. The summed E-state index contributed by atoms with van der Waals surface area (Å²) in [6, 6.07) is 2.00. The van der Waals surface area contributed by atoms with Gasteiger partial charge in [-0.05, 0) is 34.1 Å². The molecule has 1 aromatic rings. The molecule has 2 N–H and O–H groups in total. The van der Waals surface area contributed by atoms with Gasteiger partial charge < -0.3 is 20.4 Å². The van der Waals surface area contributed by atoms with Gasteiger partial charge in [-0.25, -0.2) is 9.97 Å². The largest absolute Gasteiger partial charge is 0.369 e. The zero-order chi connectivity index (χ0) is 14.1. The third-order valence-corrected chi connectivity index (χ3v) is 2.83. The molecule has 6 heteroatoms. The predicted molar refractivity (Wildman–Crippen MR) is 80.9 cm³/mol. The second-order valence-electron chi connectivity index (χ2n) is 4.87. The Bertz CT molecular complexity index is 355. The maximum Gasteiger partial charge on any atom is 0.133 e. The van der Waals surface area contributed by atoms with E-state index in [0.717, 1.165) is 44.2 Å². The Morgan fingerprint density at radius 1 is 1.11 bits per heavy atom. The predicted octanol–water partition coefficient (Wildman–Crippen LogP) is 0.496. The summed E-state index contributed by atoms with van der Waals surface area (Å²) < 4.78 is 0. The van der Waals surface area contributed by atoms with Gasteiger partial charge in [0.2, 0.25) is 0 Å². The fraction of sp³-hybridized carbons (Fsp3) is 0.692. The lowest BCUT2D eigenvalue weighted by atomic mass is 10.4. The molecule has 0 amide bonds. The van der Waals surface area contributed by atoms with Crippen molar-refractivity contribution in [3.8, 4) is 0 Å². The summed E-state index contributed by atoms with van der Waals surface area (Å²) in [7, 11) is 8.14. The number of nitrogens with zero attached hydrogens (tertiary/aromatic N) is 4. The van der Waals surface area contributed by atoms with Gasteiger partial charge in [-0.2, -0.15) is 0 Å². The van der Waals surface area contributed by atoms with Gasteiger partial charge in [0, 0.05) is 32.7 Å². The molecule has 1 heterocycles. The highest BCUT2D eigenvalue weighted by Gasteiger charge is 2.04. The molecule has 0 saturated carbocycles. The Morgan fingerprint density at radius 3 is 2.58 bits per heavy atom. The third kappa shape index (κ3) is 6.35. The average Bonchev–Trinajstić information content (AvgIpc) is 2.39. The van der Waals surface area contributed by atoms with E-state index >= 15 is 0 Å². The van der Waals surface area contributed by atoms with Crippen molar-refractivity contribution >= 4 is 11.6 Å². The van der Waals surface area contributed by atoms with Crippen molar-refractivity contribution in [2.45, 2.75) is 6.42 Å². The standard InChI is InChI=1S/C13H26N6/c1-14-6-5-8-19(4)13-10-12(16-11-17-13)15-7-9-18(2)3/h10-11,14H,5-9H2,1-4H3,(H,15,16,17). The van der Waals surface area contributed by atoms with E-state index in [4.69, 9.17) is 0 Å². The lowest BCUT2D eigenvalue weighted by Gasteiger charge is -2.18. The van der Waals surface area contributed by atoms with Crippen LogP contribution in [-0.2, 0) is 0 Å². The summed E-state index contributed by atoms with van der Waals surface area (Å²) in [6.07, 6.45) is 2.71. The maximum absolute atomic E-state index is 4.31. The van der Waals surface area contributed by atoms with E-state index in [1.54, 1.807) is 6.33 Å². The van der Waals surface area contributed by atoms with Crippen LogP contribution in [0, 0.1) is 0 Å². The molecule has 0 unspecified atom stereocenters. The second-order valence-corrected chi connectivity index (χ2v) is 4.87. The summed E-state index contributed by atoms with van der Waals surface area (Å²) in [4.78, 5) is 12.8. The van der Waals surface area contributed by atoms with Crippen molar-refractivity contribution in [2.75, 3.05) is 64.6 Å². The molecule has 108 valence electrons. The van der Waals surface area contributed by atoms with E-state index in [9.17, 15) is 0 Å². The zero-order valence-electron chi connectivity index (χ0n) is 12.5. The monoisotopic (exact) mass is 266 g/mol. The molecule has 19 heavy (non-hydrogen) atoms. The summed E-state index contributed by atoms with van der Waals surface area (Å²) >= 11 is 0. The fourth-order valence-electron chi connectivity index (χ4n) is 1.67. The second kappa shape index (κ2) is 8.66. The number of rotatable bonds is 9. The van der Waals surface area contributed by atoms with Gasteiger partial charge >= 0.3 is 0 Å². The van der Waals surface area contributed by atoms with E-state index < -0.39 is 0 Å². The topological polar surface area (TPSA) is 56.3 Å². The van der Waals surface area contributed by atoms with Gasteiger partial charge in [0.1, 0.15) is 18.0 Å². The van der Waals surface area contributed by atoms with Crippen molar-refractivity contribution in [2.24, 2.45) is 0 Å². The Labute approximate surface area is 116 Å². The summed E-state index contributed by atoms with van der Waals surface area (Å²) in [5, 5.41) is 6.45. The first-order valence-corrected chi connectivity index (χ1v) is 6.70. The van der Waals surface area contributed by atoms with Crippen LogP contribution in [0.3, 0.4) is 0 Å². The van der Waals surface area contributed by atoms with Gasteiger partial charge in [-0.1, -0.05) is 0 Å². The smallest absolute Gasteiger partial charge is 0.133 e. The van der Waals surface area contributed by atoms with Gasteiger partial charge in [-0.15, -0.1) is 0 Å². The molecule has 0 radical (unpaired) electrons. The molecule has 0 spiro atoms. The van der Waals surface area contributed by atoms with Gasteiger partial charge in [0.15, 0.2) is 0 Å². The number of hydrogen-bond donors (Lipinski definition) is 2. The van der Waals surface area contributed by atoms with Crippen LogP contribution >= 0.6 is 0 Å². The molecule has 0 bridgehead atoms. The van der Waals surface area contributed by atoms with Crippen LogP contribution in [0.1, 0.15) is 6.42 Å². The van der Waals surface area contributed by atoms with Crippen LogP contribution in [0.15, 0.2) is 12.4 Å². The number of likely N-dealkylation sites (N-methyl/N-ethyl adjacent to an activating group) is 1. The van der Waals surface area contributed by atoms with E-state index in [1.165, 1.54) is 0 Å². The SMILES string of the molecule is CNCCCN(C)c1cc(NCCN(C)C)ncn1. The van der Waals surface area contributed by atoms with E-state index in [1.807, 2.05) is 13.1 Å². The lowest BCUT2D eigenvalue weighted by Crippen LogP contribution is -2.24. The minimum Gasteiger partial charge on any atom is -0.369 e. The lowest BCUT2D eigenvalue weighted by molar-refractivity contribution is 0.425. The average molecular weight is 266 g/mol. The van der Waals surface area contributed by atoms with E-state index in [0.29, 0.717) is 0 Å². The fourth-order valence-corrected chi connectivity index (χ4v) is 1.67. The highest BCUT2D eigenvalue weighted by atomic mass is 15.2. The molecule has 0 atom stereocenters. The van der Waals surface area contributed by atoms with Crippen molar-refractivity contribution in [1.82, 2.24) is 20.2 Å². The molecule has 0 aliphatic carbocycles. The molecule has 1 aromatic heterocycles. The Balaban J connectivity index is 2.46. The van der Waals surface area contributed by atoms with Crippen molar-refractivity contribution in [1.29, 1.82) is 0 Å². The van der Waals surface area contributed by atoms with Crippen molar-refractivity contribution in [3.05, 3.63) is 12.4 Å². The first kappa shape index (κ1) is 15.7. The normalized spacial score (nSPS) is 10.8. The number of hydrogen-bond acceptors (Lipinski definition) is 6. The zero-order valence-corrected chi connectivity index (χ0v) is 12.5. The van der Waals surface area contributed by atoms with E-state index in [2.05, 4.69) is 51.5 Å². The summed E-state index contributed by atoms with van der Waals surface area (Å²) in [5.41, 5.74) is 0. The minimum atomic E-state index is 0.882. The third-order valence-electron chi connectivity index (χ3n) is 2.83. The van der Waals surface area contributed by atoms with Crippen molar-refractivity contribution in [3.63, 3.8) is 0 Å². The maximum atomic E-state index is 4.31. The van der Waals surface area contributed by atoms with Crippen LogP contribution in [-0.4, -0.2) is 69.2 Å². The van der Waals surface area contributed by atoms with Crippen LogP contribution < -0.4 is 15.5 Å². The number of anilines is 2. The first-order chi connectivity index (χ1) is 9.13. The van der Waals surface area contributed by atoms with Gasteiger partial charge in [-0.3, -0.25) is 0 Å². The quantitative estimate of drug-likeness (QED) is 0.635. The molecular formula is C13H26N6.